The lowest BCUT2D eigenvalue weighted by Crippen LogP contribution is -2.31. The van der Waals surface area contributed by atoms with E-state index in [0.717, 1.165) is 37.5 Å². The van der Waals surface area contributed by atoms with Gasteiger partial charge in [-0.2, -0.15) is 5.10 Å². The molecule has 1 aliphatic heterocycles. The lowest BCUT2D eigenvalue weighted by Gasteiger charge is -2.19. The number of rotatable bonds is 5. The van der Waals surface area contributed by atoms with Crippen molar-refractivity contribution in [3.8, 4) is 5.75 Å². The zero-order chi connectivity index (χ0) is 13.9. The van der Waals surface area contributed by atoms with Crippen LogP contribution in [0.1, 0.15) is 18.2 Å². The van der Waals surface area contributed by atoms with Crippen LogP contribution in [0.5, 0.6) is 5.75 Å². The van der Waals surface area contributed by atoms with E-state index in [0.29, 0.717) is 0 Å². The average molecular weight is 271 g/mol. The van der Waals surface area contributed by atoms with E-state index in [1.54, 1.807) is 0 Å². The fourth-order valence-corrected chi connectivity index (χ4v) is 2.71. The molecule has 0 amide bonds. The summed E-state index contributed by atoms with van der Waals surface area (Å²) < 4.78 is 7.94. The number of likely N-dealkylation sites (N-methyl/N-ethyl adjacent to an activating group) is 1. The summed E-state index contributed by atoms with van der Waals surface area (Å²) in [5, 5.41) is 4.52. The fourth-order valence-electron chi connectivity index (χ4n) is 2.71. The molecule has 0 radical (unpaired) electrons. The van der Waals surface area contributed by atoms with Crippen LogP contribution in [-0.4, -0.2) is 34.4 Å². The molecule has 0 spiro atoms. The Morgan fingerprint density at radius 2 is 2.20 bits per heavy atom. The smallest absolute Gasteiger partial charge is 0.123 e. The van der Waals surface area contributed by atoms with Crippen molar-refractivity contribution in [2.75, 3.05) is 13.6 Å². The third kappa shape index (κ3) is 2.85. The van der Waals surface area contributed by atoms with Gasteiger partial charge < -0.3 is 4.74 Å². The van der Waals surface area contributed by atoms with E-state index in [1.807, 2.05) is 16.9 Å². The SMILES string of the molecule is CCn1ccc(CN(C)C[C@H]2Cc3ccccc3O2)n1. The molecule has 0 aliphatic carbocycles. The maximum Gasteiger partial charge on any atom is 0.123 e. The van der Waals surface area contributed by atoms with E-state index in [4.69, 9.17) is 4.74 Å². The second-order valence-electron chi connectivity index (χ2n) is 5.41. The molecule has 20 heavy (non-hydrogen) atoms. The molecule has 0 unspecified atom stereocenters. The molecule has 1 atom stereocenters. The van der Waals surface area contributed by atoms with Crippen LogP contribution >= 0.6 is 0 Å². The largest absolute Gasteiger partial charge is 0.488 e. The summed E-state index contributed by atoms with van der Waals surface area (Å²) in [4.78, 5) is 2.28. The molecular formula is C16H21N3O. The van der Waals surface area contributed by atoms with Crippen molar-refractivity contribution >= 4 is 0 Å². The van der Waals surface area contributed by atoms with Crippen molar-refractivity contribution in [3.05, 3.63) is 47.8 Å². The quantitative estimate of drug-likeness (QED) is 0.836. The molecule has 4 nitrogen and oxygen atoms in total. The average Bonchev–Trinajstić information content (AvgIpc) is 3.04. The van der Waals surface area contributed by atoms with Crippen LogP contribution in [0, 0.1) is 0 Å². The number of aryl methyl sites for hydroxylation is 1. The highest BCUT2D eigenvalue weighted by Crippen LogP contribution is 2.28. The van der Waals surface area contributed by atoms with E-state index in [-0.39, 0.29) is 6.10 Å². The number of ether oxygens (including phenoxy) is 1. The normalized spacial score (nSPS) is 17.2. The first-order valence-corrected chi connectivity index (χ1v) is 7.20. The Morgan fingerprint density at radius 3 is 2.95 bits per heavy atom. The molecule has 2 aromatic rings. The van der Waals surface area contributed by atoms with Crippen molar-refractivity contribution in [2.45, 2.75) is 32.5 Å². The molecule has 0 bridgehead atoms. The Kier molecular flexibility index (Phi) is 3.74. The first-order valence-electron chi connectivity index (χ1n) is 7.20. The summed E-state index contributed by atoms with van der Waals surface area (Å²) in [6.07, 6.45) is 3.29. The number of nitrogens with zero attached hydrogens (tertiary/aromatic N) is 3. The van der Waals surface area contributed by atoms with E-state index >= 15 is 0 Å². The van der Waals surface area contributed by atoms with Crippen LogP contribution in [0.25, 0.3) is 0 Å². The fraction of sp³-hybridized carbons (Fsp3) is 0.438. The first-order chi connectivity index (χ1) is 9.74. The molecule has 1 aromatic carbocycles. The molecule has 2 heterocycles. The molecule has 0 saturated heterocycles. The number of para-hydroxylation sites is 1. The van der Waals surface area contributed by atoms with Gasteiger partial charge in [0.15, 0.2) is 0 Å². The van der Waals surface area contributed by atoms with Crippen LogP contribution in [0.3, 0.4) is 0 Å². The Hall–Kier alpha value is -1.81. The minimum Gasteiger partial charge on any atom is -0.488 e. The summed E-state index contributed by atoms with van der Waals surface area (Å²) in [5.41, 5.74) is 2.44. The number of hydrogen-bond acceptors (Lipinski definition) is 3. The van der Waals surface area contributed by atoms with Crippen molar-refractivity contribution < 1.29 is 4.74 Å². The van der Waals surface area contributed by atoms with Gasteiger partial charge in [0, 0.05) is 32.3 Å². The van der Waals surface area contributed by atoms with Crippen molar-refractivity contribution in [2.24, 2.45) is 0 Å². The van der Waals surface area contributed by atoms with Gasteiger partial charge in [-0.1, -0.05) is 18.2 Å². The predicted octanol–water partition coefficient (Wildman–Crippen LogP) is 2.34. The van der Waals surface area contributed by atoms with Crippen LogP contribution in [0.15, 0.2) is 36.5 Å². The minimum atomic E-state index is 0.255. The Balaban J connectivity index is 1.54. The molecule has 0 saturated carbocycles. The predicted molar refractivity (Wildman–Crippen MR) is 78.8 cm³/mol. The van der Waals surface area contributed by atoms with Gasteiger partial charge in [0.25, 0.3) is 0 Å². The van der Waals surface area contributed by atoms with Crippen molar-refractivity contribution in [1.82, 2.24) is 14.7 Å². The monoisotopic (exact) mass is 271 g/mol. The Labute approximate surface area is 120 Å². The van der Waals surface area contributed by atoms with Crippen LogP contribution in [0.4, 0.5) is 0 Å². The standard InChI is InChI=1S/C16H21N3O/c1-3-19-9-8-14(17-19)11-18(2)12-15-10-13-6-4-5-7-16(13)20-15/h4-9,15H,3,10-12H2,1-2H3/t15-/m1/s1. The zero-order valence-corrected chi connectivity index (χ0v) is 12.1. The summed E-state index contributed by atoms with van der Waals surface area (Å²) in [7, 11) is 2.12. The second kappa shape index (κ2) is 5.67. The van der Waals surface area contributed by atoms with Crippen molar-refractivity contribution in [3.63, 3.8) is 0 Å². The minimum absolute atomic E-state index is 0.255. The first kappa shape index (κ1) is 13.2. The molecular weight excluding hydrogens is 250 g/mol. The summed E-state index contributed by atoms with van der Waals surface area (Å²) >= 11 is 0. The van der Waals surface area contributed by atoms with Crippen LogP contribution in [-0.2, 0) is 19.5 Å². The Morgan fingerprint density at radius 1 is 1.35 bits per heavy atom. The number of hydrogen-bond donors (Lipinski definition) is 0. The van der Waals surface area contributed by atoms with E-state index in [1.165, 1.54) is 5.56 Å². The van der Waals surface area contributed by atoms with Crippen molar-refractivity contribution in [1.29, 1.82) is 0 Å². The van der Waals surface area contributed by atoms with Gasteiger partial charge in [0.1, 0.15) is 11.9 Å². The molecule has 0 fully saturated rings. The molecule has 4 heteroatoms. The topological polar surface area (TPSA) is 30.3 Å². The van der Waals surface area contributed by atoms with E-state index in [2.05, 4.69) is 48.2 Å². The highest BCUT2D eigenvalue weighted by Gasteiger charge is 2.23. The molecule has 1 aromatic heterocycles. The summed E-state index contributed by atoms with van der Waals surface area (Å²) in [5.74, 6) is 1.04. The van der Waals surface area contributed by atoms with Gasteiger partial charge in [-0.05, 0) is 31.7 Å². The molecule has 106 valence electrons. The molecule has 1 aliphatic rings. The van der Waals surface area contributed by atoms with Gasteiger partial charge >= 0.3 is 0 Å². The highest BCUT2D eigenvalue weighted by atomic mass is 16.5. The maximum atomic E-state index is 5.97. The zero-order valence-electron chi connectivity index (χ0n) is 12.1. The van der Waals surface area contributed by atoms with Gasteiger partial charge in [0.2, 0.25) is 0 Å². The van der Waals surface area contributed by atoms with Crippen LogP contribution < -0.4 is 4.74 Å². The third-order valence-electron chi connectivity index (χ3n) is 3.68. The van der Waals surface area contributed by atoms with Crippen LogP contribution in [0.2, 0.25) is 0 Å². The number of benzene rings is 1. The number of aromatic nitrogens is 2. The van der Waals surface area contributed by atoms with E-state index < -0.39 is 0 Å². The maximum absolute atomic E-state index is 5.97. The summed E-state index contributed by atoms with van der Waals surface area (Å²) in [6.45, 7) is 4.81. The highest BCUT2D eigenvalue weighted by molar-refractivity contribution is 5.37. The van der Waals surface area contributed by atoms with Gasteiger partial charge in [-0.25, -0.2) is 0 Å². The Bertz CT molecular complexity index is 554. The number of fused-ring (bicyclic) bond motifs is 1. The molecule has 0 N–H and O–H groups in total. The lowest BCUT2D eigenvalue weighted by molar-refractivity contribution is 0.164. The lowest BCUT2D eigenvalue weighted by atomic mass is 10.1. The second-order valence-corrected chi connectivity index (χ2v) is 5.41. The van der Waals surface area contributed by atoms with Gasteiger partial charge in [-0.3, -0.25) is 9.58 Å². The molecule has 3 rings (SSSR count). The summed E-state index contributed by atoms with van der Waals surface area (Å²) in [6, 6.07) is 10.4. The third-order valence-corrected chi connectivity index (χ3v) is 3.68. The van der Waals surface area contributed by atoms with Gasteiger partial charge in [-0.15, -0.1) is 0 Å². The van der Waals surface area contributed by atoms with Gasteiger partial charge in [0.05, 0.1) is 5.69 Å². The van der Waals surface area contributed by atoms with E-state index in [9.17, 15) is 0 Å².